The number of rotatable bonds is 10. The largest absolute Gasteiger partial charge is 0.384 e. The summed E-state index contributed by atoms with van der Waals surface area (Å²) in [7, 11) is 1.68. The molecule has 1 amide bonds. The third-order valence-corrected chi connectivity index (χ3v) is 4.55. The smallest absolute Gasteiger partial charge is 0.232 e. The number of hydrogen-bond donors (Lipinski definition) is 0. The molecule has 0 saturated carbocycles. The maximum Gasteiger partial charge on any atom is 0.232 e. The summed E-state index contributed by atoms with van der Waals surface area (Å²) >= 11 is 1.62. The third-order valence-electron chi connectivity index (χ3n) is 3.65. The summed E-state index contributed by atoms with van der Waals surface area (Å²) in [5.74, 6) is 1.50. The van der Waals surface area contributed by atoms with Gasteiger partial charge in [-0.25, -0.2) is 0 Å². The van der Waals surface area contributed by atoms with Crippen molar-refractivity contribution in [2.45, 2.75) is 13.0 Å². The predicted molar refractivity (Wildman–Crippen MR) is 99.0 cm³/mol. The van der Waals surface area contributed by atoms with Crippen molar-refractivity contribution in [1.82, 2.24) is 9.88 Å². The molecule has 1 aromatic heterocycles. The van der Waals surface area contributed by atoms with Crippen LogP contribution in [0.25, 0.3) is 0 Å². The van der Waals surface area contributed by atoms with Gasteiger partial charge in [-0.1, -0.05) is 30.3 Å². The number of hydrogen-bond acceptors (Lipinski definition) is 4. The zero-order chi connectivity index (χ0) is 17.0. The average Bonchev–Trinajstić information content (AvgIpc) is 2.64. The first-order valence-electron chi connectivity index (χ1n) is 8.07. The lowest BCUT2D eigenvalue weighted by Crippen LogP contribution is -2.34. The minimum absolute atomic E-state index is 0.170. The number of carbonyl (C=O) groups is 1. The van der Waals surface area contributed by atoms with E-state index in [4.69, 9.17) is 4.74 Å². The number of benzene rings is 1. The Labute approximate surface area is 148 Å². The molecule has 0 aliphatic carbocycles. The van der Waals surface area contributed by atoms with E-state index in [9.17, 15) is 4.79 Å². The van der Waals surface area contributed by atoms with Crippen LogP contribution in [0.15, 0.2) is 54.9 Å². The molecule has 2 aromatic rings. The fraction of sp³-hybridized carbons (Fsp3) is 0.368. The van der Waals surface area contributed by atoms with Crippen molar-refractivity contribution in [3.05, 3.63) is 66.0 Å². The van der Waals surface area contributed by atoms with Crippen molar-refractivity contribution in [1.29, 1.82) is 0 Å². The molecule has 0 saturated heterocycles. The van der Waals surface area contributed by atoms with Gasteiger partial charge in [0, 0.05) is 38.3 Å². The molecular weight excluding hydrogens is 320 g/mol. The fourth-order valence-corrected chi connectivity index (χ4v) is 3.09. The van der Waals surface area contributed by atoms with Gasteiger partial charge in [-0.15, -0.1) is 11.8 Å². The van der Waals surface area contributed by atoms with Crippen LogP contribution in [-0.4, -0.2) is 47.6 Å². The van der Waals surface area contributed by atoms with Gasteiger partial charge in [0.15, 0.2) is 0 Å². The molecule has 0 spiro atoms. The second-order valence-electron chi connectivity index (χ2n) is 5.45. The highest BCUT2D eigenvalue weighted by Crippen LogP contribution is 2.10. The maximum absolute atomic E-state index is 12.6. The third kappa shape index (κ3) is 6.72. The van der Waals surface area contributed by atoms with Crippen LogP contribution in [0.1, 0.15) is 11.1 Å². The summed E-state index contributed by atoms with van der Waals surface area (Å²) in [6.07, 6.45) is 4.39. The van der Waals surface area contributed by atoms with E-state index >= 15 is 0 Å². The molecule has 0 N–H and O–H groups in total. The van der Waals surface area contributed by atoms with Crippen molar-refractivity contribution >= 4 is 17.7 Å². The highest BCUT2D eigenvalue weighted by Gasteiger charge is 2.14. The second kappa shape index (κ2) is 10.8. The Morgan fingerprint density at radius 1 is 1.12 bits per heavy atom. The van der Waals surface area contributed by atoms with Crippen molar-refractivity contribution in [2.24, 2.45) is 0 Å². The quantitative estimate of drug-likeness (QED) is 0.621. The molecule has 0 bridgehead atoms. The molecular formula is C19H24N2O2S. The molecule has 1 heterocycles. The molecule has 0 atom stereocenters. The first-order valence-corrected chi connectivity index (χ1v) is 9.22. The maximum atomic E-state index is 12.6. The number of aromatic nitrogens is 1. The molecule has 0 radical (unpaired) electrons. The standard InChI is InChI=1S/C19H24N2O2S/c1-23-13-14-24-16-19(22)21(15-18-7-10-20-11-8-18)12-9-17-5-3-2-4-6-17/h2-8,10-11H,9,12-16H2,1H3. The van der Waals surface area contributed by atoms with E-state index in [0.717, 1.165) is 24.3 Å². The van der Waals surface area contributed by atoms with Crippen LogP contribution >= 0.6 is 11.8 Å². The number of amides is 1. The van der Waals surface area contributed by atoms with Gasteiger partial charge in [0.05, 0.1) is 12.4 Å². The first kappa shape index (κ1) is 18.5. The van der Waals surface area contributed by atoms with Gasteiger partial charge < -0.3 is 9.64 Å². The highest BCUT2D eigenvalue weighted by molar-refractivity contribution is 7.99. The molecule has 0 unspecified atom stereocenters. The fourth-order valence-electron chi connectivity index (χ4n) is 2.30. The highest BCUT2D eigenvalue weighted by atomic mass is 32.2. The molecule has 1 aromatic carbocycles. The minimum Gasteiger partial charge on any atom is -0.384 e. The van der Waals surface area contributed by atoms with Crippen LogP contribution < -0.4 is 0 Å². The van der Waals surface area contributed by atoms with Crippen LogP contribution in [0.2, 0.25) is 0 Å². The van der Waals surface area contributed by atoms with Crippen LogP contribution in [0.5, 0.6) is 0 Å². The zero-order valence-corrected chi connectivity index (χ0v) is 14.9. The molecule has 0 fully saturated rings. The van der Waals surface area contributed by atoms with E-state index in [0.29, 0.717) is 18.9 Å². The minimum atomic E-state index is 0.170. The predicted octanol–water partition coefficient (Wildman–Crippen LogP) is 3.03. The van der Waals surface area contributed by atoms with Gasteiger partial charge in [-0.3, -0.25) is 9.78 Å². The van der Waals surface area contributed by atoms with Crippen molar-refractivity contribution in [3.8, 4) is 0 Å². The van der Waals surface area contributed by atoms with E-state index in [-0.39, 0.29) is 5.91 Å². The molecule has 24 heavy (non-hydrogen) atoms. The number of ether oxygens (including phenoxy) is 1. The Hall–Kier alpha value is -1.85. The van der Waals surface area contributed by atoms with Crippen molar-refractivity contribution < 1.29 is 9.53 Å². The lowest BCUT2D eigenvalue weighted by atomic mass is 10.1. The van der Waals surface area contributed by atoms with E-state index in [1.165, 1.54) is 5.56 Å². The molecule has 4 nitrogen and oxygen atoms in total. The first-order chi connectivity index (χ1) is 11.8. The average molecular weight is 344 g/mol. The van der Waals surface area contributed by atoms with E-state index < -0.39 is 0 Å². The lowest BCUT2D eigenvalue weighted by Gasteiger charge is -2.23. The Bertz CT molecular complexity index is 593. The Kier molecular flexibility index (Phi) is 8.35. The number of carbonyl (C=O) groups excluding carboxylic acids is 1. The summed E-state index contributed by atoms with van der Waals surface area (Å²) in [6, 6.07) is 14.2. The van der Waals surface area contributed by atoms with Gasteiger partial charge in [0.25, 0.3) is 0 Å². The normalized spacial score (nSPS) is 10.5. The summed E-state index contributed by atoms with van der Waals surface area (Å²) < 4.78 is 5.03. The van der Waals surface area contributed by atoms with E-state index in [1.807, 2.05) is 35.2 Å². The van der Waals surface area contributed by atoms with Gasteiger partial charge in [0.2, 0.25) is 5.91 Å². The van der Waals surface area contributed by atoms with Crippen molar-refractivity contribution in [3.63, 3.8) is 0 Å². The van der Waals surface area contributed by atoms with E-state index in [2.05, 4.69) is 17.1 Å². The summed E-state index contributed by atoms with van der Waals surface area (Å²) in [6.45, 7) is 2.02. The van der Waals surface area contributed by atoms with E-state index in [1.54, 1.807) is 31.3 Å². The number of pyridine rings is 1. The summed E-state index contributed by atoms with van der Waals surface area (Å²) in [5.41, 5.74) is 2.35. The monoisotopic (exact) mass is 344 g/mol. The number of methoxy groups -OCH3 is 1. The molecule has 5 heteroatoms. The van der Waals surface area contributed by atoms with Crippen LogP contribution in [-0.2, 0) is 22.5 Å². The number of thioether (sulfide) groups is 1. The van der Waals surface area contributed by atoms with Gasteiger partial charge >= 0.3 is 0 Å². The molecule has 0 aliphatic heterocycles. The summed E-state index contributed by atoms with van der Waals surface area (Å²) in [4.78, 5) is 18.6. The topological polar surface area (TPSA) is 42.4 Å². The number of nitrogens with zero attached hydrogens (tertiary/aromatic N) is 2. The molecule has 0 aliphatic rings. The van der Waals surface area contributed by atoms with Crippen LogP contribution in [0, 0.1) is 0 Å². The van der Waals surface area contributed by atoms with Gasteiger partial charge in [-0.05, 0) is 29.7 Å². The lowest BCUT2D eigenvalue weighted by molar-refractivity contribution is -0.128. The Morgan fingerprint density at radius 3 is 2.58 bits per heavy atom. The molecule has 128 valence electrons. The van der Waals surface area contributed by atoms with Crippen molar-refractivity contribution in [2.75, 3.05) is 31.8 Å². The zero-order valence-electron chi connectivity index (χ0n) is 14.1. The second-order valence-corrected chi connectivity index (χ2v) is 6.56. The Morgan fingerprint density at radius 2 is 1.88 bits per heavy atom. The SMILES string of the molecule is COCCSCC(=O)N(CCc1ccccc1)Cc1ccncc1. The Balaban J connectivity index is 1.93. The van der Waals surface area contributed by atoms with Crippen LogP contribution in [0.3, 0.4) is 0 Å². The van der Waals surface area contributed by atoms with Gasteiger partial charge in [-0.2, -0.15) is 0 Å². The summed E-state index contributed by atoms with van der Waals surface area (Å²) in [5, 5.41) is 0. The van der Waals surface area contributed by atoms with Crippen LogP contribution in [0.4, 0.5) is 0 Å². The van der Waals surface area contributed by atoms with Gasteiger partial charge in [0.1, 0.15) is 0 Å². The molecule has 2 rings (SSSR count).